The molecule has 1 saturated carbocycles. The number of carbonyl (C=O) groups excluding carboxylic acids is 1. The molecule has 0 atom stereocenters. The lowest BCUT2D eigenvalue weighted by Gasteiger charge is -2.32. The topological polar surface area (TPSA) is 95.2 Å². The maximum Gasteiger partial charge on any atom is 0.251 e. The number of hydrogen-bond acceptors (Lipinski definition) is 6. The number of carbonyl (C=O) groups is 1. The number of likely N-dealkylation sites (tertiary alicyclic amines) is 1. The Labute approximate surface area is 199 Å². The second kappa shape index (κ2) is 9.10. The van der Waals surface area contributed by atoms with E-state index in [1.165, 1.54) is 12.8 Å². The molecule has 0 bridgehead atoms. The molecule has 2 fully saturated rings. The van der Waals surface area contributed by atoms with Crippen LogP contribution in [0.5, 0.6) is 5.75 Å². The predicted octanol–water partition coefficient (Wildman–Crippen LogP) is 3.38. The average Bonchev–Trinajstić information content (AvgIpc) is 3.35. The fourth-order valence-electron chi connectivity index (χ4n) is 5.07. The molecule has 1 amide bonds. The fraction of sp³-hybridized carbons (Fsp3) is 0.423. The first-order chi connectivity index (χ1) is 16.7. The van der Waals surface area contributed by atoms with Crippen LogP contribution >= 0.6 is 0 Å². The van der Waals surface area contributed by atoms with E-state index in [9.17, 15) is 4.79 Å². The van der Waals surface area contributed by atoms with E-state index in [0.29, 0.717) is 18.7 Å². The summed E-state index contributed by atoms with van der Waals surface area (Å²) < 4.78 is 5.91. The number of anilines is 1. The Hall–Kier alpha value is -3.39. The van der Waals surface area contributed by atoms with Crippen molar-refractivity contribution >= 4 is 11.7 Å². The van der Waals surface area contributed by atoms with Gasteiger partial charge >= 0.3 is 0 Å². The number of hydrogen-bond donors (Lipinski definition) is 3. The van der Waals surface area contributed by atoms with Gasteiger partial charge in [-0.2, -0.15) is 5.10 Å². The summed E-state index contributed by atoms with van der Waals surface area (Å²) in [6, 6.07) is 8.92. The first kappa shape index (κ1) is 21.2. The minimum Gasteiger partial charge on any atom is -0.492 e. The summed E-state index contributed by atoms with van der Waals surface area (Å²) in [7, 11) is 0. The van der Waals surface area contributed by atoms with Crippen LogP contribution in [0.15, 0.2) is 42.9 Å². The third-order valence-electron chi connectivity index (χ3n) is 7.11. The second-order valence-electron chi connectivity index (χ2n) is 9.48. The first-order valence-corrected chi connectivity index (χ1v) is 12.3. The zero-order valence-corrected chi connectivity index (χ0v) is 19.2. The van der Waals surface area contributed by atoms with Crippen LogP contribution in [0.2, 0.25) is 0 Å². The van der Waals surface area contributed by atoms with Crippen LogP contribution in [0.25, 0.3) is 11.1 Å². The Kier molecular flexibility index (Phi) is 5.66. The lowest BCUT2D eigenvalue weighted by atomic mass is 10.0. The highest BCUT2D eigenvalue weighted by molar-refractivity contribution is 5.94. The van der Waals surface area contributed by atoms with Gasteiger partial charge in [0.05, 0.1) is 12.8 Å². The molecule has 176 valence electrons. The van der Waals surface area contributed by atoms with Crippen molar-refractivity contribution in [1.29, 1.82) is 0 Å². The van der Waals surface area contributed by atoms with Crippen LogP contribution in [0.1, 0.15) is 47.2 Å². The van der Waals surface area contributed by atoms with E-state index in [0.717, 1.165) is 72.2 Å². The second-order valence-corrected chi connectivity index (χ2v) is 9.48. The largest absolute Gasteiger partial charge is 0.492 e. The number of aromatic amines is 1. The molecule has 0 unspecified atom stereocenters. The van der Waals surface area contributed by atoms with Crippen LogP contribution < -0.4 is 15.4 Å². The Morgan fingerprint density at radius 2 is 2.06 bits per heavy atom. The number of piperidine rings is 1. The van der Waals surface area contributed by atoms with E-state index >= 15 is 0 Å². The smallest absolute Gasteiger partial charge is 0.251 e. The van der Waals surface area contributed by atoms with Crippen molar-refractivity contribution in [3.8, 4) is 16.9 Å². The fourth-order valence-corrected chi connectivity index (χ4v) is 5.07. The molecule has 2 aliphatic heterocycles. The van der Waals surface area contributed by atoms with E-state index in [1.807, 2.05) is 36.7 Å². The van der Waals surface area contributed by atoms with Gasteiger partial charge in [0, 0.05) is 72.8 Å². The molecule has 1 aliphatic carbocycles. The van der Waals surface area contributed by atoms with Gasteiger partial charge in [-0.25, -0.2) is 4.98 Å². The Balaban J connectivity index is 1.09. The highest BCUT2D eigenvalue weighted by atomic mass is 16.5. The number of pyridine rings is 1. The van der Waals surface area contributed by atoms with Crippen molar-refractivity contribution in [2.24, 2.45) is 0 Å². The molecule has 8 nitrogen and oxygen atoms in total. The number of ether oxygens (including phenoxy) is 1. The van der Waals surface area contributed by atoms with Gasteiger partial charge in [-0.1, -0.05) is 12.1 Å². The molecule has 6 rings (SSSR count). The van der Waals surface area contributed by atoms with Gasteiger partial charge in [0.25, 0.3) is 5.91 Å². The molecular weight excluding hydrogens is 428 g/mol. The number of rotatable bonds is 7. The molecule has 3 aliphatic rings. The van der Waals surface area contributed by atoms with E-state index in [4.69, 9.17) is 4.74 Å². The highest BCUT2D eigenvalue weighted by Gasteiger charge is 2.32. The lowest BCUT2D eigenvalue weighted by Crippen LogP contribution is -2.45. The van der Waals surface area contributed by atoms with Gasteiger partial charge < -0.3 is 20.3 Å². The van der Waals surface area contributed by atoms with Crippen molar-refractivity contribution in [3.63, 3.8) is 0 Å². The molecule has 4 heterocycles. The zero-order valence-electron chi connectivity index (χ0n) is 19.2. The summed E-state index contributed by atoms with van der Waals surface area (Å²) in [5.41, 5.74) is 4.76. The zero-order chi connectivity index (χ0) is 22.9. The minimum atomic E-state index is 0.0172. The van der Waals surface area contributed by atoms with Crippen LogP contribution in [0, 0.1) is 0 Å². The van der Waals surface area contributed by atoms with Crippen LogP contribution in [-0.2, 0) is 13.0 Å². The Bertz CT molecular complexity index is 1170. The van der Waals surface area contributed by atoms with Crippen LogP contribution in [-0.4, -0.2) is 57.8 Å². The number of amides is 1. The molecule has 3 aromatic rings. The Morgan fingerprint density at radius 3 is 2.85 bits per heavy atom. The summed E-state index contributed by atoms with van der Waals surface area (Å²) in [4.78, 5) is 20.1. The van der Waals surface area contributed by atoms with Crippen molar-refractivity contribution in [2.75, 3.05) is 25.0 Å². The molecule has 2 aromatic heterocycles. The van der Waals surface area contributed by atoms with E-state index in [2.05, 4.69) is 30.7 Å². The standard InChI is InChI=1S/C26H30N6O2/c33-26(31-20-6-9-32(10-7-20)21-4-5-21)18-3-1-2-17(12-18)13-27-25-22-8-11-34-24(22)23(16-28-25)19-14-29-30-15-19/h1-3,12,14-16,20-21H,4-11,13H2,(H,27,28)(H,29,30)(H,31,33). The summed E-state index contributed by atoms with van der Waals surface area (Å²) in [6.07, 6.45) is 11.0. The molecule has 1 aromatic carbocycles. The molecular formula is C26H30N6O2. The van der Waals surface area contributed by atoms with Gasteiger partial charge in [-0.15, -0.1) is 0 Å². The third-order valence-corrected chi connectivity index (χ3v) is 7.11. The average molecular weight is 459 g/mol. The quantitative estimate of drug-likeness (QED) is 0.503. The van der Waals surface area contributed by atoms with Gasteiger partial charge in [-0.3, -0.25) is 9.89 Å². The van der Waals surface area contributed by atoms with Gasteiger partial charge in [-0.05, 0) is 43.4 Å². The van der Waals surface area contributed by atoms with E-state index in [1.54, 1.807) is 6.20 Å². The van der Waals surface area contributed by atoms with Crippen molar-refractivity contribution in [1.82, 2.24) is 25.4 Å². The molecule has 0 radical (unpaired) electrons. The monoisotopic (exact) mass is 458 g/mol. The highest BCUT2D eigenvalue weighted by Crippen LogP contribution is 2.39. The van der Waals surface area contributed by atoms with Crippen molar-refractivity contribution in [2.45, 2.75) is 50.7 Å². The van der Waals surface area contributed by atoms with E-state index in [-0.39, 0.29) is 11.9 Å². The maximum absolute atomic E-state index is 12.9. The number of nitrogens with zero attached hydrogens (tertiary/aromatic N) is 3. The summed E-state index contributed by atoms with van der Waals surface area (Å²) in [6.45, 7) is 3.43. The molecule has 8 heteroatoms. The molecule has 3 N–H and O–H groups in total. The predicted molar refractivity (Wildman–Crippen MR) is 130 cm³/mol. The number of benzene rings is 1. The maximum atomic E-state index is 12.9. The Morgan fingerprint density at radius 1 is 1.18 bits per heavy atom. The molecule has 0 spiro atoms. The van der Waals surface area contributed by atoms with Gasteiger partial charge in [0.2, 0.25) is 0 Å². The minimum absolute atomic E-state index is 0.0172. The normalized spacial score (nSPS) is 18.4. The number of fused-ring (bicyclic) bond motifs is 1. The lowest BCUT2D eigenvalue weighted by molar-refractivity contribution is 0.0909. The first-order valence-electron chi connectivity index (χ1n) is 12.3. The third kappa shape index (κ3) is 4.37. The summed E-state index contributed by atoms with van der Waals surface area (Å²) in [5.74, 6) is 1.72. The van der Waals surface area contributed by atoms with Gasteiger partial charge in [0.15, 0.2) is 0 Å². The van der Waals surface area contributed by atoms with Crippen LogP contribution in [0.4, 0.5) is 5.82 Å². The van der Waals surface area contributed by atoms with Crippen molar-refractivity contribution in [3.05, 3.63) is 59.5 Å². The number of aromatic nitrogens is 3. The van der Waals surface area contributed by atoms with Crippen LogP contribution in [0.3, 0.4) is 0 Å². The molecule has 34 heavy (non-hydrogen) atoms. The summed E-state index contributed by atoms with van der Waals surface area (Å²) in [5, 5.41) is 13.6. The van der Waals surface area contributed by atoms with Crippen molar-refractivity contribution < 1.29 is 9.53 Å². The van der Waals surface area contributed by atoms with Gasteiger partial charge in [0.1, 0.15) is 11.6 Å². The van der Waals surface area contributed by atoms with E-state index < -0.39 is 0 Å². The molecule has 1 saturated heterocycles. The number of H-pyrrole nitrogens is 1. The number of nitrogens with one attached hydrogen (secondary N) is 3. The summed E-state index contributed by atoms with van der Waals surface area (Å²) >= 11 is 0. The SMILES string of the molecule is O=C(NC1CCN(C2CC2)CC1)c1cccc(CNc2ncc(-c3cn[nH]c3)c3c2CCO3)c1.